The number of hydrogen-bond acceptors (Lipinski definition) is 22. The fraction of sp³-hybridized carbons (Fsp3) is 0.347. The Morgan fingerprint density at radius 2 is 0.788 bits per heavy atom. The number of aliphatic carboxylic acids is 1. The fourth-order valence-electron chi connectivity index (χ4n) is 12.1. The second-order valence-electron chi connectivity index (χ2n) is 23.7. The van der Waals surface area contributed by atoms with Gasteiger partial charge in [-0.25, -0.2) is 0 Å². The molecule has 0 unspecified atom stereocenters. The largest absolute Gasteiger partial charge is 0.496 e. The summed E-state index contributed by atoms with van der Waals surface area (Å²) in [6, 6.07) is 16.8. The molecule has 9 aromatic rings. The molecule has 3 N–H and O–H groups in total. The number of methoxy groups -OCH3 is 8. The van der Waals surface area contributed by atoms with Crippen molar-refractivity contribution in [1.29, 1.82) is 0 Å². The number of ether oxygens (including phenoxy) is 8. The number of carboxylic acid groups (broad SMARTS) is 2. The molecule has 6 aromatic heterocycles. The first-order valence-corrected chi connectivity index (χ1v) is 31.3. The number of pyridine rings is 6. The summed E-state index contributed by atoms with van der Waals surface area (Å²) >= 11 is 0. The number of fused-ring (bicyclic) bond motifs is 3. The second kappa shape index (κ2) is 34.3. The van der Waals surface area contributed by atoms with Crippen LogP contribution in [-0.4, -0.2) is 175 Å². The van der Waals surface area contributed by atoms with E-state index in [2.05, 4.69) is 34.8 Å². The van der Waals surface area contributed by atoms with Crippen LogP contribution in [0.15, 0.2) is 125 Å². The molecule has 0 amide bonds. The molecule has 0 bridgehead atoms. The van der Waals surface area contributed by atoms with Gasteiger partial charge in [0.15, 0.2) is 6.29 Å². The molecule has 3 aliphatic rings. The monoisotopic (exact) mass is 1360 g/mol. The van der Waals surface area contributed by atoms with Crippen molar-refractivity contribution in [2.24, 2.45) is 38.9 Å². The zero-order valence-electron chi connectivity index (χ0n) is 57.1. The van der Waals surface area contributed by atoms with Gasteiger partial charge in [0, 0.05) is 133 Å². The lowest BCUT2D eigenvalue weighted by atomic mass is 9.94. The van der Waals surface area contributed by atoms with Crippen LogP contribution in [0.3, 0.4) is 0 Å². The van der Waals surface area contributed by atoms with Crippen LogP contribution in [0.25, 0.3) is 65.7 Å². The maximum atomic E-state index is 12.5. The van der Waals surface area contributed by atoms with Gasteiger partial charge < -0.3 is 67.1 Å². The molecule has 3 aliphatic heterocycles. The number of carbonyl (C=O) groups is 5. The number of aldehydes is 1. The Balaban J connectivity index is 0.000000175. The van der Waals surface area contributed by atoms with Crippen LogP contribution in [0.1, 0.15) is 40.7 Å². The van der Waals surface area contributed by atoms with Gasteiger partial charge in [0.1, 0.15) is 34.5 Å². The van der Waals surface area contributed by atoms with E-state index in [1.54, 1.807) is 120 Å². The normalized spacial score (nSPS) is 13.5. The minimum Gasteiger partial charge on any atom is -0.496 e. The van der Waals surface area contributed by atoms with E-state index in [0.29, 0.717) is 100 Å². The predicted octanol–water partition coefficient (Wildman–Crippen LogP) is 7.04. The number of carbonyl (C=O) groups excluding carboxylic acids is 3. The number of benzene rings is 3. The molecule has 522 valence electrons. The van der Waals surface area contributed by atoms with Crippen molar-refractivity contribution in [3.63, 3.8) is 0 Å². The Bertz CT molecular complexity index is 4520. The Labute approximate surface area is 570 Å². The first kappa shape index (κ1) is 73.8. The smallest absolute Gasteiger partial charge is 0.305 e. The molecular formula is C72H81N9O18. The summed E-state index contributed by atoms with van der Waals surface area (Å²) in [5.74, 6) is 3.61. The summed E-state index contributed by atoms with van der Waals surface area (Å²) in [6.45, 7) is 6.06. The van der Waals surface area contributed by atoms with E-state index in [1.165, 1.54) is 33.0 Å². The number of likely N-dealkylation sites (tertiary alicyclic amines) is 2. The van der Waals surface area contributed by atoms with Crippen LogP contribution >= 0.6 is 0 Å². The highest BCUT2D eigenvalue weighted by molar-refractivity contribution is 5.99. The molecule has 0 aliphatic carbocycles. The SMILES string of the molecule is COC(=O)CC1CN(Cc2c(OC)cc(-c3cn(C)c(=O)c4cnccc34)cc2OC)C1.COC(=O)CC1CNC1.COc1cc(-c2cn(C)c(=O)c3cnccc23)cc(OC)c1C=O.COc1cc(-c2cn(C)c(=O)c3cnccc23)cc(OC)c1CN1CC(CC(=O)O)C1.O=CO. The Kier molecular flexibility index (Phi) is 25.5. The third-order valence-electron chi connectivity index (χ3n) is 17.3. The number of carboxylic acids is 1. The molecule has 3 fully saturated rings. The molecule has 99 heavy (non-hydrogen) atoms. The third kappa shape index (κ3) is 17.4. The molecular weight excluding hydrogens is 1280 g/mol. The van der Waals surface area contributed by atoms with Crippen LogP contribution in [0.2, 0.25) is 0 Å². The molecule has 0 spiro atoms. The van der Waals surface area contributed by atoms with Gasteiger partial charge in [0.2, 0.25) is 0 Å². The number of nitrogens with one attached hydrogen (secondary N) is 1. The van der Waals surface area contributed by atoms with Crippen LogP contribution in [0, 0.1) is 17.8 Å². The van der Waals surface area contributed by atoms with Gasteiger partial charge >= 0.3 is 17.9 Å². The lowest BCUT2D eigenvalue weighted by Crippen LogP contribution is -2.46. The fourth-order valence-corrected chi connectivity index (χ4v) is 12.1. The molecule has 9 heterocycles. The first-order chi connectivity index (χ1) is 47.7. The Morgan fingerprint density at radius 1 is 0.485 bits per heavy atom. The molecule has 27 nitrogen and oxygen atoms in total. The summed E-state index contributed by atoms with van der Waals surface area (Å²) in [5, 5.41) is 23.0. The standard InChI is InChI=1S/C24H27N3O5.C23H25N3O5.C18H16N2O4.C6H11NO2.CH2O2/c1-26-13-19(17-5-6-25-10-18(17)24(26)29)16-8-21(30-2)20(22(9-16)31-3)14-27-11-15(12-27)7-23(28)32-4;1-25-12-18(16-4-5-24-9-17(16)23(25)29)15-7-20(30-2)19(21(8-15)31-3)13-26-10-14(11-26)6-22(27)28;1-20-9-14(12-4-5-19-8-13(12)18(20)22)11-6-16(23-2)15(10-21)17(7-11)24-3;1-9-6(8)2-5-3-7-4-5;2-1-3/h5-6,8-10,13,15H,7,11-12,14H2,1-4H3;4-5,7-9,12,14H,6,10-11,13H2,1-3H3,(H,27,28);4-10H,1-3H3;5,7H,2-4H2,1H3;1H,(H,2,3). The first-order valence-electron chi connectivity index (χ1n) is 31.3. The topological polar surface area (TPSA) is 323 Å². The van der Waals surface area contributed by atoms with Crippen LogP contribution in [0.4, 0.5) is 0 Å². The molecule has 12 rings (SSSR count). The van der Waals surface area contributed by atoms with Crippen molar-refractivity contribution in [3.8, 4) is 67.9 Å². The van der Waals surface area contributed by atoms with Crippen LogP contribution in [-0.2, 0) is 62.9 Å². The van der Waals surface area contributed by atoms with Gasteiger partial charge in [-0.05, 0) is 118 Å². The van der Waals surface area contributed by atoms with Gasteiger partial charge in [0.25, 0.3) is 23.2 Å². The molecule has 27 heteroatoms. The van der Waals surface area contributed by atoms with Gasteiger partial charge in [-0.1, -0.05) is 0 Å². The van der Waals surface area contributed by atoms with E-state index in [4.69, 9.17) is 48.2 Å². The van der Waals surface area contributed by atoms with Crippen molar-refractivity contribution in [2.75, 3.05) is 96.1 Å². The van der Waals surface area contributed by atoms with E-state index < -0.39 is 5.97 Å². The molecule has 0 atom stereocenters. The van der Waals surface area contributed by atoms with E-state index in [1.807, 2.05) is 48.8 Å². The van der Waals surface area contributed by atoms with Crippen molar-refractivity contribution in [1.82, 2.24) is 43.8 Å². The maximum absolute atomic E-state index is 12.5. The summed E-state index contributed by atoms with van der Waals surface area (Å²) in [4.78, 5) is 107. The van der Waals surface area contributed by atoms with E-state index in [-0.39, 0.29) is 47.4 Å². The number of aryl methyl sites for hydroxylation is 3. The van der Waals surface area contributed by atoms with Gasteiger partial charge in [-0.3, -0.25) is 63.1 Å². The lowest BCUT2D eigenvalue weighted by molar-refractivity contribution is -0.143. The maximum Gasteiger partial charge on any atom is 0.305 e. The summed E-state index contributed by atoms with van der Waals surface area (Å²) in [6.07, 6.45) is 17.0. The lowest BCUT2D eigenvalue weighted by Gasteiger charge is -2.39. The van der Waals surface area contributed by atoms with E-state index in [0.717, 1.165) is 99.9 Å². The van der Waals surface area contributed by atoms with Gasteiger partial charge in [-0.2, -0.15) is 0 Å². The van der Waals surface area contributed by atoms with E-state index in [9.17, 15) is 33.6 Å². The number of esters is 2. The van der Waals surface area contributed by atoms with Crippen molar-refractivity contribution in [2.45, 2.75) is 32.4 Å². The summed E-state index contributed by atoms with van der Waals surface area (Å²) in [5.41, 5.74) is 7.04. The zero-order chi connectivity index (χ0) is 71.6. The minimum absolute atomic E-state index is 0.0910. The van der Waals surface area contributed by atoms with Crippen molar-refractivity contribution >= 4 is 63.0 Å². The molecule has 3 aromatic carbocycles. The number of rotatable bonds is 20. The van der Waals surface area contributed by atoms with Crippen molar-refractivity contribution < 1.29 is 72.1 Å². The van der Waals surface area contributed by atoms with Gasteiger partial charge in [0.05, 0.1) is 109 Å². The van der Waals surface area contributed by atoms with E-state index >= 15 is 0 Å². The quantitative estimate of drug-likeness (QED) is 0.0509. The molecule has 0 radical (unpaired) electrons. The Morgan fingerprint density at radius 3 is 1.06 bits per heavy atom. The van der Waals surface area contributed by atoms with Crippen LogP contribution < -0.4 is 50.4 Å². The predicted molar refractivity (Wildman–Crippen MR) is 370 cm³/mol. The zero-order valence-corrected chi connectivity index (χ0v) is 57.1. The highest BCUT2D eigenvalue weighted by Crippen LogP contribution is 2.42. The number of hydrogen-bond donors (Lipinski definition) is 3. The number of nitrogens with zero attached hydrogens (tertiary/aromatic N) is 8. The highest BCUT2D eigenvalue weighted by Gasteiger charge is 2.32. The average Bonchev–Trinajstić information content (AvgIpc) is 0.778. The minimum atomic E-state index is -0.760. The van der Waals surface area contributed by atoms with Gasteiger partial charge in [-0.15, -0.1) is 0 Å². The summed E-state index contributed by atoms with van der Waals surface area (Å²) < 4.78 is 47.4. The average molecular weight is 1360 g/mol. The highest BCUT2D eigenvalue weighted by atomic mass is 16.5. The van der Waals surface area contributed by atoms with Crippen LogP contribution in [0.5, 0.6) is 34.5 Å². The van der Waals surface area contributed by atoms with Crippen molar-refractivity contribution in [3.05, 3.63) is 158 Å². The molecule has 3 saturated heterocycles. The third-order valence-corrected chi connectivity index (χ3v) is 17.3. The Hall–Kier alpha value is -11.0. The molecule has 0 saturated carbocycles. The number of aromatic nitrogens is 6. The summed E-state index contributed by atoms with van der Waals surface area (Å²) in [7, 11) is 17.5. The second-order valence-corrected chi connectivity index (χ2v) is 23.7.